The normalized spacial score (nSPS) is 12.7. The number of aromatic nitrogens is 1. The average Bonchev–Trinajstić information content (AvgIpc) is 2.25. The van der Waals surface area contributed by atoms with Gasteiger partial charge in [0.15, 0.2) is 0 Å². The summed E-state index contributed by atoms with van der Waals surface area (Å²) in [6.07, 6.45) is 5.15. The van der Waals surface area contributed by atoms with Gasteiger partial charge in [-0.3, -0.25) is 0 Å². The number of pyridine rings is 1. The lowest BCUT2D eigenvalue weighted by atomic mass is 10.1. The molecule has 0 aliphatic rings. The van der Waals surface area contributed by atoms with Crippen LogP contribution in [0.15, 0.2) is 36.2 Å². The molecule has 0 amide bonds. The number of hydrogen-bond donors (Lipinski definition) is 1. The predicted molar refractivity (Wildman–Crippen MR) is 60.8 cm³/mol. The highest BCUT2D eigenvalue weighted by atomic mass is 16.5. The van der Waals surface area contributed by atoms with E-state index in [-0.39, 0.29) is 5.76 Å². The van der Waals surface area contributed by atoms with Crippen molar-refractivity contribution < 1.29 is 9.84 Å². The topological polar surface area (TPSA) is 42.4 Å². The lowest BCUT2D eigenvalue weighted by Crippen LogP contribution is -1.92. The summed E-state index contributed by atoms with van der Waals surface area (Å²) in [7, 11) is 1.59. The standard InChI is InChI=1S/C12H15NO2/c1-9(6-7-10(2)14)11-5-4-8-13-12(11)15-3/h4-8,14H,1-3H3/b9-6+,10-7+. The van der Waals surface area contributed by atoms with Gasteiger partial charge in [0, 0.05) is 11.8 Å². The van der Waals surface area contributed by atoms with Crippen molar-refractivity contribution >= 4 is 5.57 Å². The third-order valence-corrected chi connectivity index (χ3v) is 1.96. The van der Waals surface area contributed by atoms with E-state index < -0.39 is 0 Å². The van der Waals surface area contributed by atoms with Crippen LogP contribution in [0.3, 0.4) is 0 Å². The largest absolute Gasteiger partial charge is 0.513 e. The van der Waals surface area contributed by atoms with Gasteiger partial charge in [-0.15, -0.1) is 0 Å². The van der Waals surface area contributed by atoms with Crippen LogP contribution in [0.1, 0.15) is 19.4 Å². The number of hydrogen-bond acceptors (Lipinski definition) is 3. The summed E-state index contributed by atoms with van der Waals surface area (Å²) in [5, 5.41) is 9.04. The van der Waals surface area contributed by atoms with Crippen molar-refractivity contribution in [2.24, 2.45) is 0 Å². The monoisotopic (exact) mass is 205 g/mol. The van der Waals surface area contributed by atoms with Gasteiger partial charge >= 0.3 is 0 Å². The van der Waals surface area contributed by atoms with E-state index in [0.717, 1.165) is 11.1 Å². The van der Waals surface area contributed by atoms with Gasteiger partial charge in [0.2, 0.25) is 5.88 Å². The second-order valence-corrected chi connectivity index (χ2v) is 3.22. The summed E-state index contributed by atoms with van der Waals surface area (Å²) >= 11 is 0. The van der Waals surface area contributed by atoms with E-state index in [4.69, 9.17) is 9.84 Å². The van der Waals surface area contributed by atoms with Gasteiger partial charge in [-0.25, -0.2) is 4.98 Å². The number of allylic oxidation sites excluding steroid dienone is 4. The Bertz CT molecular complexity index is 390. The summed E-state index contributed by atoms with van der Waals surface area (Å²) < 4.78 is 5.14. The summed E-state index contributed by atoms with van der Waals surface area (Å²) in [5.41, 5.74) is 1.92. The zero-order chi connectivity index (χ0) is 11.3. The van der Waals surface area contributed by atoms with Crippen LogP contribution in [0.2, 0.25) is 0 Å². The van der Waals surface area contributed by atoms with Crippen LogP contribution >= 0.6 is 0 Å². The quantitative estimate of drug-likeness (QED) is 0.609. The highest BCUT2D eigenvalue weighted by Gasteiger charge is 2.03. The average molecular weight is 205 g/mol. The van der Waals surface area contributed by atoms with Crippen molar-refractivity contribution in [1.29, 1.82) is 0 Å². The molecule has 0 unspecified atom stereocenters. The van der Waals surface area contributed by atoms with Gasteiger partial charge in [-0.1, -0.05) is 6.08 Å². The fourth-order valence-corrected chi connectivity index (χ4v) is 1.19. The van der Waals surface area contributed by atoms with Gasteiger partial charge in [0.25, 0.3) is 0 Å². The Morgan fingerprint density at radius 1 is 1.40 bits per heavy atom. The highest BCUT2D eigenvalue weighted by molar-refractivity contribution is 5.68. The first-order valence-corrected chi connectivity index (χ1v) is 4.68. The highest BCUT2D eigenvalue weighted by Crippen LogP contribution is 2.22. The minimum absolute atomic E-state index is 0.275. The number of methoxy groups -OCH3 is 1. The number of rotatable bonds is 3. The molecule has 1 N–H and O–H groups in total. The van der Waals surface area contributed by atoms with E-state index in [1.165, 1.54) is 0 Å². The maximum atomic E-state index is 9.04. The number of aliphatic hydroxyl groups excluding tert-OH is 1. The van der Waals surface area contributed by atoms with E-state index in [2.05, 4.69) is 4.98 Å². The molecule has 0 radical (unpaired) electrons. The molecule has 1 rings (SSSR count). The van der Waals surface area contributed by atoms with Gasteiger partial charge in [-0.05, 0) is 37.6 Å². The molecule has 0 bridgehead atoms. The van der Waals surface area contributed by atoms with Crippen LogP contribution in [0.5, 0.6) is 5.88 Å². The van der Waals surface area contributed by atoms with E-state index >= 15 is 0 Å². The summed E-state index contributed by atoms with van der Waals surface area (Å²) in [6.45, 7) is 3.57. The second kappa shape index (κ2) is 5.20. The van der Waals surface area contributed by atoms with E-state index in [1.54, 1.807) is 26.3 Å². The molecule has 0 saturated carbocycles. The number of nitrogens with zero attached hydrogens (tertiary/aromatic N) is 1. The van der Waals surface area contributed by atoms with E-state index in [9.17, 15) is 0 Å². The summed E-state index contributed by atoms with van der Waals surface area (Å²) in [6, 6.07) is 3.78. The Morgan fingerprint density at radius 2 is 2.13 bits per heavy atom. The smallest absolute Gasteiger partial charge is 0.220 e. The number of ether oxygens (including phenoxy) is 1. The molecule has 80 valence electrons. The first-order chi connectivity index (χ1) is 7.15. The predicted octanol–water partition coefficient (Wildman–Crippen LogP) is 2.96. The summed E-state index contributed by atoms with van der Waals surface area (Å²) in [5.74, 6) is 0.868. The van der Waals surface area contributed by atoms with Gasteiger partial charge in [0.05, 0.1) is 12.9 Å². The molecule has 1 heterocycles. The Hall–Kier alpha value is -1.77. The van der Waals surface area contributed by atoms with Crippen molar-refractivity contribution in [1.82, 2.24) is 4.98 Å². The zero-order valence-corrected chi connectivity index (χ0v) is 9.19. The first-order valence-electron chi connectivity index (χ1n) is 4.68. The Balaban J connectivity index is 3.05. The van der Waals surface area contributed by atoms with Crippen LogP contribution in [0, 0.1) is 0 Å². The zero-order valence-electron chi connectivity index (χ0n) is 9.19. The van der Waals surface area contributed by atoms with Crippen LogP contribution < -0.4 is 4.74 Å². The number of aliphatic hydroxyl groups is 1. The van der Waals surface area contributed by atoms with E-state index in [0.29, 0.717) is 5.88 Å². The molecule has 0 aromatic carbocycles. The fraction of sp³-hybridized carbons (Fsp3) is 0.250. The molecular formula is C12H15NO2. The van der Waals surface area contributed by atoms with Crippen molar-refractivity contribution in [3.8, 4) is 5.88 Å². The van der Waals surface area contributed by atoms with Gasteiger partial charge in [0.1, 0.15) is 0 Å². The molecule has 0 fully saturated rings. The Morgan fingerprint density at radius 3 is 2.73 bits per heavy atom. The Kier molecular flexibility index (Phi) is 3.92. The van der Waals surface area contributed by atoms with Crippen LogP contribution in [0.25, 0.3) is 5.57 Å². The summed E-state index contributed by atoms with van der Waals surface area (Å²) in [4.78, 5) is 4.10. The van der Waals surface area contributed by atoms with Crippen LogP contribution in [0.4, 0.5) is 0 Å². The van der Waals surface area contributed by atoms with Crippen LogP contribution in [-0.4, -0.2) is 17.2 Å². The molecule has 3 heteroatoms. The van der Waals surface area contributed by atoms with Crippen molar-refractivity contribution in [2.45, 2.75) is 13.8 Å². The van der Waals surface area contributed by atoms with Crippen LogP contribution in [-0.2, 0) is 0 Å². The molecule has 1 aromatic rings. The Labute approximate surface area is 89.7 Å². The maximum Gasteiger partial charge on any atom is 0.220 e. The first kappa shape index (κ1) is 11.3. The molecule has 0 saturated heterocycles. The molecule has 0 aliphatic carbocycles. The second-order valence-electron chi connectivity index (χ2n) is 3.22. The lowest BCUT2D eigenvalue weighted by Gasteiger charge is -2.06. The molecule has 0 spiro atoms. The van der Waals surface area contributed by atoms with E-state index in [1.807, 2.05) is 25.1 Å². The van der Waals surface area contributed by atoms with Crippen molar-refractivity contribution in [2.75, 3.05) is 7.11 Å². The maximum absolute atomic E-state index is 9.04. The molecule has 0 aliphatic heterocycles. The molecule has 15 heavy (non-hydrogen) atoms. The van der Waals surface area contributed by atoms with Crippen molar-refractivity contribution in [3.63, 3.8) is 0 Å². The molecule has 0 atom stereocenters. The molecular weight excluding hydrogens is 190 g/mol. The minimum Gasteiger partial charge on any atom is -0.513 e. The third kappa shape index (κ3) is 3.13. The third-order valence-electron chi connectivity index (χ3n) is 1.96. The lowest BCUT2D eigenvalue weighted by molar-refractivity contribution is 0.396. The SMILES string of the molecule is COc1ncccc1/C(C)=C/C=C(\C)O. The van der Waals surface area contributed by atoms with Gasteiger partial charge in [-0.2, -0.15) is 0 Å². The minimum atomic E-state index is 0.275. The van der Waals surface area contributed by atoms with Gasteiger partial charge < -0.3 is 9.84 Å². The van der Waals surface area contributed by atoms with Crippen molar-refractivity contribution in [3.05, 3.63) is 41.8 Å². The fourth-order valence-electron chi connectivity index (χ4n) is 1.19. The molecule has 1 aromatic heterocycles. The molecule has 3 nitrogen and oxygen atoms in total.